The van der Waals surface area contributed by atoms with Gasteiger partial charge in [-0.1, -0.05) is 0 Å². The van der Waals surface area contributed by atoms with Gasteiger partial charge in [0.05, 0.1) is 0 Å². The summed E-state index contributed by atoms with van der Waals surface area (Å²) in [5.74, 6) is -0.159. The third kappa shape index (κ3) is 3.60. The molecule has 0 radical (unpaired) electrons. The van der Waals surface area contributed by atoms with Gasteiger partial charge in [0.2, 0.25) is 5.91 Å². The van der Waals surface area contributed by atoms with Gasteiger partial charge in [0, 0.05) is 36.7 Å². The third-order valence-electron chi connectivity index (χ3n) is 2.78. The maximum absolute atomic E-state index is 11.8. The van der Waals surface area contributed by atoms with Crippen molar-refractivity contribution in [3.05, 3.63) is 22.4 Å². The molecule has 1 saturated carbocycles. The average molecular weight is 314 g/mol. The summed E-state index contributed by atoms with van der Waals surface area (Å²) in [6.45, 7) is 0.361. The van der Waals surface area contributed by atoms with Crippen molar-refractivity contribution < 1.29 is 9.59 Å². The second-order valence-electron chi connectivity index (χ2n) is 4.50. The molecule has 1 aliphatic rings. The Morgan fingerprint density at radius 3 is 2.78 bits per heavy atom. The van der Waals surface area contributed by atoms with Gasteiger partial charge in [-0.25, -0.2) is 0 Å². The Hall–Kier alpha value is -1.30. The van der Waals surface area contributed by atoms with Crippen LogP contribution >= 0.6 is 15.9 Å². The van der Waals surface area contributed by atoms with Crippen molar-refractivity contribution in [3.63, 3.8) is 0 Å². The van der Waals surface area contributed by atoms with Crippen molar-refractivity contribution in [1.82, 2.24) is 15.2 Å². The van der Waals surface area contributed by atoms with E-state index >= 15 is 0 Å². The molecule has 2 N–H and O–H groups in total. The summed E-state index contributed by atoms with van der Waals surface area (Å²) < 4.78 is 2.60. The van der Waals surface area contributed by atoms with E-state index in [4.69, 9.17) is 0 Å². The van der Waals surface area contributed by atoms with Crippen LogP contribution in [0.25, 0.3) is 0 Å². The average Bonchev–Trinajstić information content (AvgIpc) is 3.02. The summed E-state index contributed by atoms with van der Waals surface area (Å²) in [4.78, 5) is 23.2. The van der Waals surface area contributed by atoms with Crippen LogP contribution in [0.4, 0.5) is 0 Å². The molecule has 0 aromatic carbocycles. The molecule has 0 bridgehead atoms. The summed E-state index contributed by atoms with van der Waals surface area (Å²) in [6, 6.07) is 2.12. The number of halogens is 1. The molecule has 0 spiro atoms. The number of carbonyl (C=O) groups excluding carboxylic acids is 2. The highest BCUT2D eigenvalue weighted by Crippen LogP contribution is 2.18. The molecular weight excluding hydrogens is 298 g/mol. The number of aryl methyl sites for hydroxylation is 1. The number of carbonyl (C=O) groups is 2. The van der Waals surface area contributed by atoms with Gasteiger partial charge in [-0.3, -0.25) is 9.59 Å². The SMILES string of the molecule is Cn1cc(Br)cc1C(=O)NCCC(=O)NC1CC1. The van der Waals surface area contributed by atoms with Gasteiger partial charge in [0.1, 0.15) is 5.69 Å². The van der Waals surface area contributed by atoms with Crippen LogP contribution in [-0.4, -0.2) is 29.0 Å². The van der Waals surface area contributed by atoms with E-state index in [0.717, 1.165) is 17.3 Å². The van der Waals surface area contributed by atoms with Gasteiger partial charge < -0.3 is 15.2 Å². The molecule has 0 atom stereocenters. The molecule has 98 valence electrons. The highest BCUT2D eigenvalue weighted by Gasteiger charge is 2.22. The van der Waals surface area contributed by atoms with Crippen LogP contribution in [0.2, 0.25) is 0 Å². The van der Waals surface area contributed by atoms with Gasteiger partial charge in [-0.05, 0) is 34.8 Å². The van der Waals surface area contributed by atoms with Gasteiger partial charge in [-0.15, -0.1) is 0 Å². The van der Waals surface area contributed by atoms with Crippen molar-refractivity contribution >= 4 is 27.7 Å². The number of rotatable bonds is 5. The number of amides is 2. The minimum Gasteiger partial charge on any atom is -0.353 e. The molecule has 0 aliphatic heterocycles. The van der Waals surface area contributed by atoms with Crippen LogP contribution in [0.5, 0.6) is 0 Å². The summed E-state index contributed by atoms with van der Waals surface area (Å²) in [7, 11) is 1.81. The molecule has 5 nitrogen and oxygen atoms in total. The Bertz CT molecular complexity index is 466. The molecule has 1 fully saturated rings. The maximum atomic E-state index is 11.8. The molecule has 1 aliphatic carbocycles. The van der Waals surface area contributed by atoms with Crippen molar-refractivity contribution in [1.29, 1.82) is 0 Å². The van der Waals surface area contributed by atoms with Crippen molar-refractivity contribution in [2.45, 2.75) is 25.3 Å². The zero-order valence-electron chi connectivity index (χ0n) is 10.2. The minimum absolute atomic E-state index is 0.00543. The summed E-state index contributed by atoms with van der Waals surface area (Å²) >= 11 is 3.31. The van der Waals surface area contributed by atoms with Gasteiger partial charge in [0.15, 0.2) is 0 Å². The zero-order chi connectivity index (χ0) is 13.1. The normalized spacial score (nSPS) is 14.3. The summed E-state index contributed by atoms with van der Waals surface area (Å²) in [6.07, 6.45) is 4.30. The van der Waals surface area contributed by atoms with Crippen LogP contribution in [0.3, 0.4) is 0 Å². The lowest BCUT2D eigenvalue weighted by molar-refractivity contribution is -0.121. The zero-order valence-corrected chi connectivity index (χ0v) is 11.8. The molecule has 0 unspecified atom stereocenters. The fraction of sp³-hybridized carbons (Fsp3) is 0.500. The molecule has 2 rings (SSSR count). The van der Waals surface area contributed by atoms with Gasteiger partial charge >= 0.3 is 0 Å². The van der Waals surface area contributed by atoms with Crippen molar-refractivity contribution in [3.8, 4) is 0 Å². The first-order chi connectivity index (χ1) is 8.56. The number of nitrogens with zero attached hydrogens (tertiary/aromatic N) is 1. The first-order valence-corrected chi connectivity index (χ1v) is 6.75. The number of hydrogen-bond acceptors (Lipinski definition) is 2. The highest BCUT2D eigenvalue weighted by atomic mass is 79.9. The van der Waals surface area contributed by atoms with Crippen LogP contribution in [0.15, 0.2) is 16.7 Å². The van der Waals surface area contributed by atoms with E-state index in [1.807, 2.05) is 6.20 Å². The van der Waals surface area contributed by atoms with Crippen LogP contribution in [0, 0.1) is 0 Å². The number of nitrogens with one attached hydrogen (secondary N) is 2. The van der Waals surface area contributed by atoms with Gasteiger partial charge in [0.25, 0.3) is 5.91 Å². The second-order valence-corrected chi connectivity index (χ2v) is 5.42. The van der Waals surface area contributed by atoms with Crippen LogP contribution in [0.1, 0.15) is 29.8 Å². The van der Waals surface area contributed by atoms with E-state index in [1.54, 1.807) is 17.7 Å². The molecule has 2 amide bonds. The molecular formula is C12H16BrN3O2. The van der Waals surface area contributed by atoms with Crippen molar-refractivity contribution in [2.24, 2.45) is 7.05 Å². The molecule has 1 aromatic heterocycles. The third-order valence-corrected chi connectivity index (χ3v) is 3.22. The maximum Gasteiger partial charge on any atom is 0.267 e. The van der Waals surface area contributed by atoms with E-state index in [2.05, 4.69) is 26.6 Å². The second kappa shape index (κ2) is 5.56. The van der Waals surface area contributed by atoms with E-state index in [-0.39, 0.29) is 11.8 Å². The fourth-order valence-corrected chi connectivity index (χ4v) is 2.18. The predicted octanol–water partition coefficient (Wildman–Crippen LogP) is 1.19. The lowest BCUT2D eigenvalue weighted by Crippen LogP contribution is -2.32. The molecule has 1 heterocycles. The molecule has 18 heavy (non-hydrogen) atoms. The molecule has 0 saturated heterocycles. The van der Waals surface area contributed by atoms with Gasteiger partial charge in [-0.2, -0.15) is 0 Å². The Morgan fingerprint density at radius 1 is 1.50 bits per heavy atom. The van der Waals surface area contributed by atoms with E-state index in [0.29, 0.717) is 24.7 Å². The standard InChI is InChI=1S/C12H16BrN3O2/c1-16-7-8(13)6-10(16)12(18)14-5-4-11(17)15-9-2-3-9/h6-7,9H,2-5H2,1H3,(H,14,18)(H,15,17). The quantitative estimate of drug-likeness (QED) is 0.857. The number of aromatic nitrogens is 1. The Kier molecular flexibility index (Phi) is 4.06. The first kappa shape index (κ1) is 13.1. The Balaban J connectivity index is 1.74. The summed E-state index contributed by atoms with van der Waals surface area (Å²) in [5.41, 5.74) is 0.574. The van der Waals surface area contributed by atoms with Crippen molar-refractivity contribution in [2.75, 3.05) is 6.54 Å². The Morgan fingerprint density at radius 2 is 2.22 bits per heavy atom. The lowest BCUT2D eigenvalue weighted by Gasteiger charge is -2.06. The monoisotopic (exact) mass is 313 g/mol. The Labute approximate surface area is 114 Å². The van der Waals surface area contributed by atoms with E-state index in [9.17, 15) is 9.59 Å². The molecule has 1 aromatic rings. The van der Waals surface area contributed by atoms with E-state index < -0.39 is 0 Å². The van der Waals surface area contributed by atoms with Crippen LogP contribution in [-0.2, 0) is 11.8 Å². The fourth-order valence-electron chi connectivity index (χ4n) is 1.66. The molecule has 6 heteroatoms. The minimum atomic E-state index is -0.164. The smallest absolute Gasteiger partial charge is 0.267 e. The first-order valence-electron chi connectivity index (χ1n) is 5.95. The lowest BCUT2D eigenvalue weighted by atomic mass is 10.3. The van der Waals surface area contributed by atoms with Crippen LogP contribution < -0.4 is 10.6 Å². The van der Waals surface area contributed by atoms with E-state index in [1.165, 1.54) is 0 Å². The largest absolute Gasteiger partial charge is 0.353 e. The summed E-state index contributed by atoms with van der Waals surface area (Å²) in [5, 5.41) is 5.62. The highest BCUT2D eigenvalue weighted by molar-refractivity contribution is 9.10. The topological polar surface area (TPSA) is 63.1 Å². The predicted molar refractivity (Wildman–Crippen MR) is 71.2 cm³/mol. The number of hydrogen-bond donors (Lipinski definition) is 2.